The molecule has 0 bridgehead atoms. The average Bonchev–Trinajstić information content (AvgIpc) is 2.93. The van der Waals surface area contributed by atoms with Crippen LogP contribution in [0.1, 0.15) is 44.9 Å². The fourth-order valence-corrected chi connectivity index (χ4v) is 4.12. The van der Waals surface area contributed by atoms with Gasteiger partial charge in [0.25, 0.3) is 0 Å². The molecule has 2 saturated carbocycles. The number of hydrogen-bond donors (Lipinski definition) is 1. The van der Waals surface area contributed by atoms with Crippen molar-refractivity contribution in [2.75, 3.05) is 13.1 Å². The number of likely N-dealkylation sites (tertiary alicyclic amines) is 1. The van der Waals surface area contributed by atoms with E-state index < -0.39 is 0 Å². The third-order valence-corrected chi connectivity index (χ3v) is 5.17. The van der Waals surface area contributed by atoms with Crippen LogP contribution < -0.4 is 5.73 Å². The molecular weight excluding hydrogens is 212 g/mol. The molecule has 3 aliphatic rings. The molecule has 0 aromatic rings. The number of carbonyl (C=O) groups is 1. The van der Waals surface area contributed by atoms with Gasteiger partial charge < -0.3 is 10.6 Å². The Morgan fingerprint density at radius 3 is 2.12 bits per heavy atom. The summed E-state index contributed by atoms with van der Waals surface area (Å²) in [5.74, 6) is 2.09. The van der Waals surface area contributed by atoms with Gasteiger partial charge >= 0.3 is 0 Å². The maximum absolute atomic E-state index is 12.4. The Balaban J connectivity index is 1.63. The smallest absolute Gasteiger partial charge is 0.227 e. The van der Waals surface area contributed by atoms with Gasteiger partial charge in [0.1, 0.15) is 0 Å². The van der Waals surface area contributed by atoms with E-state index >= 15 is 0 Å². The zero-order valence-corrected chi connectivity index (χ0v) is 10.6. The van der Waals surface area contributed by atoms with Gasteiger partial charge in [0.2, 0.25) is 5.91 Å². The highest BCUT2D eigenvalue weighted by atomic mass is 16.2. The summed E-state index contributed by atoms with van der Waals surface area (Å²) < 4.78 is 0. The molecule has 0 aromatic carbocycles. The van der Waals surface area contributed by atoms with E-state index in [1.807, 2.05) is 0 Å². The van der Waals surface area contributed by atoms with Crippen molar-refractivity contribution in [3.63, 3.8) is 0 Å². The third-order valence-electron chi connectivity index (χ3n) is 5.17. The summed E-state index contributed by atoms with van der Waals surface area (Å²) >= 11 is 0. The van der Waals surface area contributed by atoms with Gasteiger partial charge in [-0.1, -0.05) is 19.3 Å². The topological polar surface area (TPSA) is 46.3 Å². The van der Waals surface area contributed by atoms with Gasteiger partial charge in [-0.3, -0.25) is 4.79 Å². The molecule has 3 nitrogen and oxygen atoms in total. The molecule has 17 heavy (non-hydrogen) atoms. The Morgan fingerprint density at radius 1 is 0.941 bits per heavy atom. The first kappa shape index (κ1) is 11.5. The molecule has 0 spiro atoms. The van der Waals surface area contributed by atoms with Crippen LogP contribution in [0.25, 0.3) is 0 Å². The van der Waals surface area contributed by atoms with Crippen LogP contribution in [-0.2, 0) is 4.79 Å². The highest BCUT2D eigenvalue weighted by Crippen LogP contribution is 2.37. The van der Waals surface area contributed by atoms with Crippen LogP contribution in [0.2, 0.25) is 0 Å². The molecule has 1 aliphatic heterocycles. The van der Waals surface area contributed by atoms with Crippen molar-refractivity contribution in [1.29, 1.82) is 0 Å². The summed E-state index contributed by atoms with van der Waals surface area (Å²) in [7, 11) is 0. The lowest BCUT2D eigenvalue weighted by Gasteiger charge is -2.23. The Morgan fingerprint density at radius 2 is 1.59 bits per heavy atom. The van der Waals surface area contributed by atoms with Crippen LogP contribution >= 0.6 is 0 Å². The maximum Gasteiger partial charge on any atom is 0.227 e. The van der Waals surface area contributed by atoms with E-state index in [1.165, 1.54) is 25.7 Å². The van der Waals surface area contributed by atoms with E-state index in [0.717, 1.165) is 44.2 Å². The molecule has 2 aliphatic carbocycles. The number of nitrogens with zero attached hydrogens (tertiary/aromatic N) is 1. The van der Waals surface area contributed by atoms with Gasteiger partial charge in [0, 0.05) is 19.1 Å². The lowest BCUT2D eigenvalue weighted by molar-refractivity contribution is -0.134. The first-order chi connectivity index (χ1) is 8.25. The van der Waals surface area contributed by atoms with Crippen molar-refractivity contribution < 1.29 is 4.79 Å². The molecule has 3 rings (SSSR count). The van der Waals surface area contributed by atoms with E-state index in [0.29, 0.717) is 5.91 Å². The molecule has 1 amide bonds. The number of fused-ring (bicyclic) bond motifs is 1. The second-order valence-corrected chi connectivity index (χ2v) is 6.25. The van der Waals surface area contributed by atoms with Gasteiger partial charge in [-0.2, -0.15) is 0 Å². The van der Waals surface area contributed by atoms with Crippen LogP contribution in [0, 0.1) is 17.8 Å². The first-order valence-corrected chi connectivity index (χ1v) is 7.30. The Kier molecular flexibility index (Phi) is 3.12. The van der Waals surface area contributed by atoms with E-state index in [9.17, 15) is 4.79 Å². The lowest BCUT2D eigenvalue weighted by Crippen LogP contribution is -2.40. The minimum Gasteiger partial charge on any atom is -0.342 e. The summed E-state index contributed by atoms with van der Waals surface area (Å²) in [6.07, 6.45) is 8.61. The molecule has 1 heterocycles. The number of rotatable bonds is 1. The van der Waals surface area contributed by atoms with Crippen molar-refractivity contribution >= 4 is 5.91 Å². The molecule has 2 N–H and O–H groups in total. The summed E-state index contributed by atoms with van der Waals surface area (Å²) in [6, 6.07) is 0.130. The van der Waals surface area contributed by atoms with Gasteiger partial charge in [0.15, 0.2) is 0 Å². The highest BCUT2D eigenvalue weighted by molar-refractivity contribution is 5.80. The van der Waals surface area contributed by atoms with Crippen molar-refractivity contribution in [2.45, 2.75) is 51.0 Å². The first-order valence-electron chi connectivity index (χ1n) is 7.30. The summed E-state index contributed by atoms with van der Waals surface area (Å²) in [5, 5.41) is 0. The zero-order valence-electron chi connectivity index (χ0n) is 10.6. The number of nitrogens with two attached hydrogens (primary N) is 1. The monoisotopic (exact) mass is 236 g/mol. The van der Waals surface area contributed by atoms with E-state index in [1.54, 1.807) is 0 Å². The van der Waals surface area contributed by atoms with Crippen LogP contribution in [0.5, 0.6) is 0 Å². The number of hydrogen-bond acceptors (Lipinski definition) is 2. The second-order valence-electron chi connectivity index (χ2n) is 6.25. The quantitative estimate of drug-likeness (QED) is 0.754. The molecule has 3 fully saturated rings. The van der Waals surface area contributed by atoms with Crippen LogP contribution in [0.15, 0.2) is 0 Å². The van der Waals surface area contributed by atoms with Crippen LogP contribution in [0.4, 0.5) is 0 Å². The predicted molar refractivity (Wildman–Crippen MR) is 67.3 cm³/mol. The van der Waals surface area contributed by atoms with Gasteiger partial charge in [0.05, 0.1) is 5.92 Å². The zero-order chi connectivity index (χ0) is 11.8. The summed E-state index contributed by atoms with van der Waals surface area (Å²) in [6.45, 7) is 2.04. The van der Waals surface area contributed by atoms with Gasteiger partial charge in [-0.05, 0) is 37.5 Å². The van der Waals surface area contributed by atoms with Gasteiger partial charge in [-0.25, -0.2) is 0 Å². The molecule has 3 heteroatoms. The average molecular weight is 236 g/mol. The Labute approximate surface area is 104 Å². The standard InChI is InChI=1S/C14H24N2O/c15-13-7-3-6-12(13)14(17)16-8-10-4-1-2-5-11(10)9-16/h10-13H,1-9,15H2. The molecular formula is C14H24N2O. The van der Waals surface area contributed by atoms with Crippen molar-refractivity contribution in [3.8, 4) is 0 Å². The van der Waals surface area contributed by atoms with E-state index in [-0.39, 0.29) is 12.0 Å². The Bertz CT molecular complexity index is 291. The molecule has 0 aromatic heterocycles. The second kappa shape index (κ2) is 4.60. The van der Waals surface area contributed by atoms with Crippen LogP contribution in [-0.4, -0.2) is 29.9 Å². The van der Waals surface area contributed by atoms with Crippen molar-refractivity contribution in [2.24, 2.45) is 23.5 Å². The third kappa shape index (κ3) is 2.10. The SMILES string of the molecule is NC1CCCC1C(=O)N1CC2CCCCC2C1. The molecule has 1 saturated heterocycles. The predicted octanol–water partition coefficient (Wildman–Crippen LogP) is 1.76. The Hall–Kier alpha value is -0.570. The molecule has 96 valence electrons. The number of amides is 1. The highest BCUT2D eigenvalue weighted by Gasteiger charge is 2.40. The fraction of sp³-hybridized carbons (Fsp3) is 0.929. The molecule has 4 atom stereocenters. The van der Waals surface area contributed by atoms with Crippen LogP contribution in [0.3, 0.4) is 0 Å². The van der Waals surface area contributed by atoms with Crippen molar-refractivity contribution in [1.82, 2.24) is 4.90 Å². The fourth-order valence-electron chi connectivity index (χ4n) is 4.12. The van der Waals surface area contributed by atoms with Gasteiger partial charge in [-0.15, -0.1) is 0 Å². The largest absolute Gasteiger partial charge is 0.342 e. The molecule has 0 radical (unpaired) electrons. The number of carbonyl (C=O) groups excluding carboxylic acids is 1. The summed E-state index contributed by atoms with van der Waals surface area (Å²) in [5.41, 5.74) is 6.05. The minimum absolute atomic E-state index is 0.130. The van der Waals surface area contributed by atoms with E-state index in [2.05, 4.69) is 4.90 Å². The maximum atomic E-state index is 12.4. The minimum atomic E-state index is 0.130. The normalized spacial score (nSPS) is 41.6. The van der Waals surface area contributed by atoms with Crippen molar-refractivity contribution in [3.05, 3.63) is 0 Å². The van der Waals surface area contributed by atoms with E-state index in [4.69, 9.17) is 5.73 Å². The summed E-state index contributed by atoms with van der Waals surface area (Å²) in [4.78, 5) is 14.6. The molecule has 4 unspecified atom stereocenters. The lowest BCUT2D eigenvalue weighted by atomic mass is 9.82.